The van der Waals surface area contributed by atoms with Crippen LogP contribution in [0.15, 0.2) is 12.1 Å². The zero-order chi connectivity index (χ0) is 14.1. The van der Waals surface area contributed by atoms with E-state index in [9.17, 15) is 13.2 Å². The molecule has 0 unspecified atom stereocenters. The first-order chi connectivity index (χ1) is 8.18. The van der Waals surface area contributed by atoms with Crippen LogP contribution in [0, 0.1) is 0 Å². The first-order valence-corrected chi connectivity index (χ1v) is 8.08. The van der Waals surface area contributed by atoms with Gasteiger partial charge in [-0.05, 0) is 17.7 Å². The third-order valence-electron chi connectivity index (χ3n) is 2.33. The van der Waals surface area contributed by atoms with Crippen molar-refractivity contribution in [1.82, 2.24) is 0 Å². The Morgan fingerprint density at radius 1 is 1.50 bits per heavy atom. The van der Waals surface area contributed by atoms with E-state index in [-0.39, 0.29) is 16.3 Å². The Morgan fingerprint density at radius 2 is 2.06 bits per heavy atom. The lowest BCUT2D eigenvalue weighted by Crippen LogP contribution is -2.25. The molecule has 0 fully saturated rings. The molecule has 0 saturated heterocycles. The van der Waals surface area contributed by atoms with Crippen LogP contribution >= 0.6 is 27.5 Å². The molecule has 0 spiro atoms. The second-order valence-electron chi connectivity index (χ2n) is 3.65. The van der Waals surface area contributed by atoms with Crippen LogP contribution in [0.4, 0.5) is 5.69 Å². The summed E-state index contributed by atoms with van der Waals surface area (Å²) in [5, 5.41) is 9.33. The van der Waals surface area contributed by atoms with Gasteiger partial charge in [-0.25, -0.2) is 13.2 Å². The molecule has 8 heteroatoms. The van der Waals surface area contributed by atoms with Crippen molar-refractivity contribution in [2.24, 2.45) is 0 Å². The number of sulfonamides is 1. The Kier molecular flexibility index (Phi) is 4.63. The Bertz CT molecular complexity index is 588. The van der Waals surface area contributed by atoms with E-state index in [4.69, 9.17) is 16.7 Å². The van der Waals surface area contributed by atoms with Gasteiger partial charge in [0, 0.05) is 12.4 Å². The van der Waals surface area contributed by atoms with E-state index in [2.05, 4.69) is 15.9 Å². The first kappa shape index (κ1) is 15.3. The van der Waals surface area contributed by atoms with E-state index in [1.54, 1.807) is 0 Å². The van der Waals surface area contributed by atoms with E-state index in [0.717, 1.165) is 10.6 Å². The standard InChI is InChI=1S/C10H11BrClNO4S/c1-13(18(2,16)17)8-4-6(5-11)3-7(9(8)12)10(14)15/h3-4H,5H2,1-2H3,(H,14,15). The molecule has 0 radical (unpaired) electrons. The van der Waals surface area contributed by atoms with Crippen molar-refractivity contribution in [3.8, 4) is 0 Å². The summed E-state index contributed by atoms with van der Waals surface area (Å²) in [4.78, 5) is 11.0. The second-order valence-corrected chi connectivity index (χ2v) is 6.60. The number of halogens is 2. The summed E-state index contributed by atoms with van der Waals surface area (Å²) in [6.45, 7) is 0. The largest absolute Gasteiger partial charge is 0.478 e. The van der Waals surface area contributed by atoms with Gasteiger partial charge in [-0.1, -0.05) is 27.5 Å². The van der Waals surface area contributed by atoms with Gasteiger partial charge in [0.1, 0.15) is 0 Å². The smallest absolute Gasteiger partial charge is 0.337 e. The summed E-state index contributed by atoms with van der Waals surface area (Å²) in [6, 6.07) is 2.93. The van der Waals surface area contributed by atoms with Crippen LogP contribution in [0.1, 0.15) is 15.9 Å². The third-order valence-corrected chi connectivity index (χ3v) is 4.57. The lowest BCUT2D eigenvalue weighted by molar-refractivity contribution is 0.0697. The molecular weight excluding hydrogens is 346 g/mol. The number of rotatable bonds is 4. The van der Waals surface area contributed by atoms with Crippen molar-refractivity contribution < 1.29 is 18.3 Å². The number of anilines is 1. The molecule has 0 aliphatic rings. The van der Waals surface area contributed by atoms with E-state index in [0.29, 0.717) is 10.9 Å². The minimum Gasteiger partial charge on any atom is -0.478 e. The monoisotopic (exact) mass is 355 g/mol. The molecule has 1 aromatic rings. The third kappa shape index (κ3) is 3.15. The molecule has 0 amide bonds. The molecule has 0 bridgehead atoms. The minimum atomic E-state index is -3.51. The first-order valence-electron chi connectivity index (χ1n) is 4.74. The van der Waals surface area contributed by atoms with Gasteiger partial charge < -0.3 is 5.11 Å². The highest BCUT2D eigenvalue weighted by molar-refractivity contribution is 9.08. The van der Waals surface area contributed by atoms with Crippen molar-refractivity contribution in [2.45, 2.75) is 5.33 Å². The lowest BCUT2D eigenvalue weighted by atomic mass is 10.1. The topological polar surface area (TPSA) is 74.7 Å². The number of carbonyl (C=O) groups is 1. The molecule has 0 aliphatic carbocycles. The molecule has 0 heterocycles. The van der Waals surface area contributed by atoms with Crippen LogP contribution < -0.4 is 4.31 Å². The van der Waals surface area contributed by atoms with Gasteiger partial charge in [0.05, 0.1) is 22.5 Å². The van der Waals surface area contributed by atoms with Gasteiger partial charge in [-0.3, -0.25) is 4.31 Å². The van der Waals surface area contributed by atoms with Crippen molar-refractivity contribution >= 4 is 49.2 Å². The fourth-order valence-corrected chi connectivity index (χ4v) is 2.50. The molecule has 0 atom stereocenters. The van der Waals surface area contributed by atoms with Gasteiger partial charge in [-0.15, -0.1) is 0 Å². The average molecular weight is 357 g/mol. The SMILES string of the molecule is CN(c1cc(CBr)cc(C(=O)O)c1Cl)S(C)(=O)=O. The normalized spacial score (nSPS) is 11.3. The molecule has 5 nitrogen and oxygen atoms in total. The van der Waals surface area contributed by atoms with Gasteiger partial charge in [0.15, 0.2) is 0 Å². The number of hydrogen-bond acceptors (Lipinski definition) is 3. The number of carboxylic acids is 1. The summed E-state index contributed by atoms with van der Waals surface area (Å²) >= 11 is 9.13. The Hall–Kier alpha value is -0.790. The quantitative estimate of drug-likeness (QED) is 0.840. The summed E-state index contributed by atoms with van der Waals surface area (Å²) in [6.07, 6.45) is 1.02. The fourth-order valence-electron chi connectivity index (χ4n) is 1.31. The maximum absolute atomic E-state index is 11.5. The van der Waals surface area contributed by atoms with Crippen molar-refractivity contribution in [3.05, 3.63) is 28.3 Å². The highest BCUT2D eigenvalue weighted by Gasteiger charge is 2.21. The number of benzene rings is 1. The van der Waals surface area contributed by atoms with Crippen LogP contribution in [0.25, 0.3) is 0 Å². The number of carboxylic acid groups (broad SMARTS) is 1. The van der Waals surface area contributed by atoms with Crippen LogP contribution in [0.5, 0.6) is 0 Å². The van der Waals surface area contributed by atoms with E-state index >= 15 is 0 Å². The van der Waals surface area contributed by atoms with E-state index < -0.39 is 16.0 Å². The van der Waals surface area contributed by atoms with Gasteiger partial charge >= 0.3 is 5.97 Å². The minimum absolute atomic E-state index is 0.0971. The van der Waals surface area contributed by atoms with Crippen molar-refractivity contribution in [3.63, 3.8) is 0 Å². The highest BCUT2D eigenvalue weighted by atomic mass is 79.9. The predicted molar refractivity (Wildman–Crippen MR) is 74.3 cm³/mol. The Labute approximate surface area is 119 Å². The maximum Gasteiger partial charge on any atom is 0.337 e. The maximum atomic E-state index is 11.5. The highest BCUT2D eigenvalue weighted by Crippen LogP contribution is 2.32. The molecular formula is C10H11BrClNO4S. The summed E-state index contributed by atoms with van der Waals surface area (Å²) in [5.74, 6) is -1.20. The summed E-state index contributed by atoms with van der Waals surface area (Å²) in [7, 11) is -2.19. The number of alkyl halides is 1. The molecule has 1 aromatic carbocycles. The zero-order valence-electron chi connectivity index (χ0n) is 9.65. The second kappa shape index (κ2) is 5.46. The van der Waals surface area contributed by atoms with Gasteiger partial charge in [0.2, 0.25) is 10.0 Å². The van der Waals surface area contributed by atoms with E-state index in [1.165, 1.54) is 19.2 Å². The summed E-state index contributed by atoms with van der Waals surface area (Å²) in [5.41, 5.74) is 0.648. The molecule has 0 aromatic heterocycles. The Morgan fingerprint density at radius 3 is 2.44 bits per heavy atom. The van der Waals surface area contributed by atoms with Gasteiger partial charge in [0.25, 0.3) is 0 Å². The predicted octanol–water partition coefficient (Wildman–Crippen LogP) is 2.33. The molecule has 100 valence electrons. The number of aromatic carboxylic acids is 1. The zero-order valence-corrected chi connectivity index (χ0v) is 12.8. The van der Waals surface area contributed by atoms with Crippen molar-refractivity contribution in [2.75, 3.05) is 17.6 Å². The fraction of sp³-hybridized carbons (Fsp3) is 0.300. The molecule has 0 aliphatic heterocycles. The average Bonchev–Trinajstić information content (AvgIpc) is 2.26. The van der Waals surface area contributed by atoms with E-state index in [1.807, 2.05) is 0 Å². The van der Waals surface area contributed by atoms with Crippen LogP contribution in [-0.4, -0.2) is 32.8 Å². The van der Waals surface area contributed by atoms with Crippen LogP contribution in [0.2, 0.25) is 5.02 Å². The van der Waals surface area contributed by atoms with Crippen LogP contribution in [-0.2, 0) is 15.4 Å². The summed E-state index contributed by atoms with van der Waals surface area (Å²) < 4.78 is 23.9. The molecule has 0 saturated carbocycles. The number of nitrogens with zero attached hydrogens (tertiary/aromatic N) is 1. The molecule has 1 rings (SSSR count). The Balaban J connectivity index is 3.53. The van der Waals surface area contributed by atoms with Gasteiger partial charge in [-0.2, -0.15) is 0 Å². The molecule has 1 N–H and O–H groups in total. The van der Waals surface area contributed by atoms with Crippen LogP contribution in [0.3, 0.4) is 0 Å². The lowest BCUT2D eigenvalue weighted by Gasteiger charge is -2.20. The van der Waals surface area contributed by atoms with Crippen molar-refractivity contribution in [1.29, 1.82) is 0 Å². The molecule has 18 heavy (non-hydrogen) atoms. The number of hydrogen-bond donors (Lipinski definition) is 1.